The Morgan fingerprint density at radius 3 is 2.52 bits per heavy atom. The zero-order chi connectivity index (χ0) is 19.8. The molecule has 0 unspecified atom stereocenters. The van der Waals surface area contributed by atoms with Gasteiger partial charge in [-0.1, -0.05) is 11.2 Å². The van der Waals surface area contributed by atoms with Crippen molar-refractivity contribution < 1.29 is 31.2 Å². The number of hydrogen-bond acceptors (Lipinski definition) is 6. The van der Waals surface area contributed by atoms with E-state index in [0.717, 1.165) is 12.8 Å². The van der Waals surface area contributed by atoms with E-state index in [1.807, 2.05) is 0 Å². The van der Waals surface area contributed by atoms with Crippen LogP contribution >= 0.6 is 0 Å². The number of hydrogen-bond donors (Lipinski definition) is 0. The van der Waals surface area contributed by atoms with Gasteiger partial charge in [-0.15, -0.1) is 0 Å². The molecule has 0 saturated heterocycles. The number of benzene rings is 1. The van der Waals surface area contributed by atoms with Crippen LogP contribution < -0.4 is 9.47 Å². The zero-order valence-corrected chi connectivity index (χ0v) is 15.9. The molecule has 0 spiro atoms. The number of aromatic nitrogens is 1. The summed E-state index contributed by atoms with van der Waals surface area (Å²) in [6, 6.07) is 4.26. The molecule has 0 amide bonds. The molecule has 1 heterocycles. The summed E-state index contributed by atoms with van der Waals surface area (Å²) in [6.45, 7) is 0.223. The van der Waals surface area contributed by atoms with E-state index < -0.39 is 16.6 Å². The van der Waals surface area contributed by atoms with Crippen molar-refractivity contribution in [2.24, 2.45) is 0 Å². The summed E-state index contributed by atoms with van der Waals surface area (Å²) in [7, 11) is -2.49. The second kappa shape index (κ2) is 7.43. The first kappa shape index (κ1) is 19.6. The molecule has 7 nitrogen and oxygen atoms in total. The van der Waals surface area contributed by atoms with E-state index in [2.05, 4.69) is 9.89 Å². The van der Waals surface area contributed by atoms with E-state index in [4.69, 9.17) is 9.26 Å². The first-order chi connectivity index (χ1) is 12.7. The van der Waals surface area contributed by atoms with Crippen molar-refractivity contribution in [3.8, 4) is 11.5 Å². The Bertz CT molecular complexity index is 906. The lowest BCUT2D eigenvalue weighted by atomic mass is 10.2. The van der Waals surface area contributed by atoms with Crippen LogP contribution in [0.5, 0.6) is 11.5 Å². The topological polar surface area (TPSA) is 81.9 Å². The second-order valence-electron chi connectivity index (χ2n) is 6.30. The highest BCUT2D eigenvalue weighted by Crippen LogP contribution is 2.37. The largest absolute Gasteiger partial charge is 0.493 e. The highest BCUT2D eigenvalue weighted by molar-refractivity contribution is 7.89. The van der Waals surface area contributed by atoms with Crippen molar-refractivity contribution in [1.29, 1.82) is 0 Å². The molecule has 1 aromatic carbocycles. The lowest BCUT2D eigenvalue weighted by molar-refractivity contribution is -0.0512. The van der Waals surface area contributed by atoms with Crippen molar-refractivity contribution >= 4 is 10.0 Å². The predicted molar refractivity (Wildman–Crippen MR) is 91.4 cm³/mol. The third kappa shape index (κ3) is 4.06. The number of ether oxygens (including phenoxy) is 2. The molecule has 27 heavy (non-hydrogen) atoms. The Balaban J connectivity index is 1.92. The van der Waals surface area contributed by atoms with Crippen molar-refractivity contribution in [2.45, 2.75) is 50.8 Å². The molecule has 1 aromatic heterocycles. The van der Waals surface area contributed by atoms with Gasteiger partial charge in [-0.3, -0.25) is 0 Å². The quantitative estimate of drug-likeness (QED) is 0.674. The number of rotatable bonds is 8. The van der Waals surface area contributed by atoms with Gasteiger partial charge in [0.25, 0.3) is 0 Å². The molecule has 2 aromatic rings. The predicted octanol–water partition coefficient (Wildman–Crippen LogP) is 3.25. The molecule has 1 fully saturated rings. The molecule has 148 valence electrons. The summed E-state index contributed by atoms with van der Waals surface area (Å²) in [5, 5.41) is 3.73. The Labute approximate surface area is 155 Å². The van der Waals surface area contributed by atoms with Crippen LogP contribution in [0.1, 0.15) is 29.9 Å². The molecule has 10 heteroatoms. The third-order valence-corrected chi connectivity index (χ3v) is 6.41. The van der Waals surface area contributed by atoms with Crippen LogP contribution in [-0.4, -0.2) is 37.6 Å². The molecule has 0 radical (unpaired) electrons. The second-order valence-corrected chi connectivity index (χ2v) is 8.13. The van der Waals surface area contributed by atoms with Crippen LogP contribution in [0.25, 0.3) is 0 Å². The van der Waals surface area contributed by atoms with Gasteiger partial charge in [0, 0.05) is 12.6 Å². The minimum atomic E-state index is -3.82. The van der Waals surface area contributed by atoms with Gasteiger partial charge in [0.1, 0.15) is 10.6 Å². The van der Waals surface area contributed by atoms with E-state index in [1.54, 1.807) is 19.9 Å². The average Bonchev–Trinajstić information content (AvgIpc) is 3.37. The standard InChI is InChI=1S/C17H20F2N2O5S/c1-10-16(11(2)26-20-10)27(22,23)21(13-5-6-13)9-12-4-7-14(25-17(18)19)15(8-12)24-3/h4,7-8,13,17H,5-6,9H2,1-3H3. The van der Waals surface area contributed by atoms with Gasteiger partial charge >= 0.3 is 6.61 Å². The number of nitrogens with zero attached hydrogens (tertiary/aromatic N) is 2. The fraction of sp³-hybridized carbons (Fsp3) is 0.471. The van der Waals surface area contributed by atoms with Crippen LogP contribution in [0.3, 0.4) is 0 Å². The highest BCUT2D eigenvalue weighted by Gasteiger charge is 2.40. The third-order valence-electron chi connectivity index (χ3n) is 4.27. The summed E-state index contributed by atoms with van der Waals surface area (Å²) >= 11 is 0. The van der Waals surface area contributed by atoms with Crippen LogP contribution in [0.2, 0.25) is 0 Å². The lowest BCUT2D eigenvalue weighted by Gasteiger charge is -2.22. The van der Waals surface area contributed by atoms with Crippen molar-refractivity contribution in [1.82, 2.24) is 9.46 Å². The van der Waals surface area contributed by atoms with Crippen molar-refractivity contribution in [2.75, 3.05) is 7.11 Å². The maximum Gasteiger partial charge on any atom is 0.387 e. The van der Waals surface area contributed by atoms with Gasteiger partial charge in [-0.05, 0) is 44.4 Å². The number of halogens is 2. The Hall–Kier alpha value is -2.20. The fourth-order valence-corrected chi connectivity index (χ4v) is 4.88. The maximum atomic E-state index is 13.2. The van der Waals surface area contributed by atoms with E-state index in [1.165, 1.54) is 23.5 Å². The van der Waals surface area contributed by atoms with Gasteiger partial charge in [-0.25, -0.2) is 8.42 Å². The minimum absolute atomic E-state index is 0.0685. The van der Waals surface area contributed by atoms with E-state index in [-0.39, 0.29) is 34.7 Å². The molecule has 1 aliphatic carbocycles. The van der Waals surface area contributed by atoms with Crippen molar-refractivity contribution in [3.05, 3.63) is 35.2 Å². The lowest BCUT2D eigenvalue weighted by Crippen LogP contribution is -2.33. The van der Waals surface area contributed by atoms with Gasteiger partial charge in [-0.2, -0.15) is 13.1 Å². The molecule has 3 rings (SSSR count). The molecular formula is C17H20F2N2O5S. The number of sulfonamides is 1. The summed E-state index contributed by atoms with van der Waals surface area (Å²) < 4.78 is 67.1. The van der Waals surface area contributed by atoms with Gasteiger partial charge in [0.2, 0.25) is 10.0 Å². The monoisotopic (exact) mass is 402 g/mol. The van der Waals surface area contributed by atoms with Crippen LogP contribution in [0, 0.1) is 13.8 Å². The minimum Gasteiger partial charge on any atom is -0.493 e. The van der Waals surface area contributed by atoms with E-state index >= 15 is 0 Å². The zero-order valence-electron chi connectivity index (χ0n) is 15.1. The number of methoxy groups -OCH3 is 1. The Morgan fingerprint density at radius 2 is 2.00 bits per heavy atom. The first-order valence-corrected chi connectivity index (χ1v) is 9.74. The summed E-state index contributed by atoms with van der Waals surface area (Å²) in [6.07, 6.45) is 1.51. The average molecular weight is 402 g/mol. The molecule has 1 saturated carbocycles. The van der Waals surface area contributed by atoms with Gasteiger partial charge in [0.15, 0.2) is 17.3 Å². The highest BCUT2D eigenvalue weighted by atomic mass is 32.2. The molecular weight excluding hydrogens is 382 g/mol. The smallest absolute Gasteiger partial charge is 0.387 e. The molecule has 1 aliphatic rings. The van der Waals surface area contributed by atoms with Gasteiger partial charge < -0.3 is 14.0 Å². The number of aryl methyl sites for hydroxylation is 2. The normalized spacial score (nSPS) is 14.8. The molecule has 0 aliphatic heterocycles. The van der Waals surface area contributed by atoms with E-state index in [0.29, 0.717) is 11.3 Å². The van der Waals surface area contributed by atoms with Gasteiger partial charge in [0.05, 0.1) is 7.11 Å². The Morgan fingerprint density at radius 1 is 1.30 bits per heavy atom. The van der Waals surface area contributed by atoms with Crippen LogP contribution in [-0.2, 0) is 16.6 Å². The van der Waals surface area contributed by atoms with Crippen molar-refractivity contribution in [3.63, 3.8) is 0 Å². The first-order valence-electron chi connectivity index (χ1n) is 8.30. The van der Waals surface area contributed by atoms with Crippen LogP contribution in [0.4, 0.5) is 8.78 Å². The SMILES string of the molecule is COc1cc(CN(C2CC2)S(=O)(=O)c2c(C)noc2C)ccc1OC(F)F. The number of alkyl halides is 2. The Kier molecular flexibility index (Phi) is 5.38. The summed E-state index contributed by atoms with van der Waals surface area (Å²) in [4.78, 5) is 0.0685. The van der Waals surface area contributed by atoms with E-state index in [9.17, 15) is 17.2 Å². The molecule has 0 N–H and O–H groups in total. The summed E-state index contributed by atoms with van der Waals surface area (Å²) in [5.74, 6) is 0.234. The van der Waals surface area contributed by atoms with Crippen LogP contribution in [0.15, 0.2) is 27.6 Å². The fourth-order valence-electron chi connectivity index (χ4n) is 2.92. The summed E-state index contributed by atoms with van der Waals surface area (Å²) in [5.41, 5.74) is 0.895. The molecule has 0 bridgehead atoms. The molecule has 0 atom stereocenters. The maximum absolute atomic E-state index is 13.2.